The second-order valence-electron chi connectivity index (χ2n) is 3.10. The number of hydrogen-bond donors (Lipinski definition) is 0. The maximum absolute atomic E-state index is 10.7. The summed E-state index contributed by atoms with van der Waals surface area (Å²) in [5.41, 5.74) is 1.89. The molecule has 0 bridgehead atoms. The van der Waals surface area contributed by atoms with E-state index in [0.29, 0.717) is 0 Å². The highest BCUT2D eigenvalue weighted by atomic mass is 16.5. The molecule has 68 valence electrons. The van der Waals surface area contributed by atoms with Gasteiger partial charge in [0.15, 0.2) is 6.29 Å². The summed E-state index contributed by atoms with van der Waals surface area (Å²) in [5, 5.41) is 0. The molecule has 12 heavy (non-hydrogen) atoms. The number of rotatable bonds is 2. The molecule has 0 aromatic carbocycles. The molecule has 0 aromatic heterocycles. The molecule has 1 rings (SSSR count). The molecule has 1 saturated heterocycles. The van der Waals surface area contributed by atoms with E-state index in [1.54, 1.807) is 0 Å². The number of allylic oxidation sites excluding steroid dienone is 2. The van der Waals surface area contributed by atoms with E-state index < -0.39 is 0 Å². The van der Waals surface area contributed by atoms with E-state index in [1.165, 1.54) is 0 Å². The van der Waals surface area contributed by atoms with Crippen molar-refractivity contribution >= 4 is 6.29 Å². The van der Waals surface area contributed by atoms with Gasteiger partial charge in [-0.25, -0.2) is 0 Å². The van der Waals surface area contributed by atoms with Crippen molar-refractivity contribution in [1.82, 2.24) is 4.90 Å². The normalized spacial score (nSPS) is 17.3. The van der Waals surface area contributed by atoms with Gasteiger partial charge in [-0.05, 0) is 19.4 Å². The van der Waals surface area contributed by atoms with Crippen LogP contribution in [0.4, 0.5) is 0 Å². The van der Waals surface area contributed by atoms with E-state index >= 15 is 0 Å². The van der Waals surface area contributed by atoms with Crippen LogP contribution in [0, 0.1) is 0 Å². The van der Waals surface area contributed by atoms with E-state index in [4.69, 9.17) is 4.74 Å². The highest BCUT2D eigenvalue weighted by molar-refractivity contribution is 5.73. The molecule has 0 aromatic rings. The number of hydrogen-bond acceptors (Lipinski definition) is 3. The van der Waals surface area contributed by atoms with Crippen LogP contribution in [0.15, 0.2) is 11.3 Å². The Bertz CT molecular complexity index is 189. The van der Waals surface area contributed by atoms with Crippen LogP contribution in [0.2, 0.25) is 0 Å². The third-order valence-corrected chi connectivity index (χ3v) is 1.98. The van der Waals surface area contributed by atoms with Crippen molar-refractivity contribution < 1.29 is 9.53 Å². The molecular weight excluding hydrogens is 154 g/mol. The third kappa shape index (κ3) is 2.08. The van der Waals surface area contributed by atoms with Crippen LogP contribution in [0.3, 0.4) is 0 Å². The molecule has 0 amide bonds. The topological polar surface area (TPSA) is 29.5 Å². The number of carbonyl (C=O) groups is 1. The van der Waals surface area contributed by atoms with E-state index in [-0.39, 0.29) is 0 Å². The summed E-state index contributed by atoms with van der Waals surface area (Å²) in [4.78, 5) is 12.8. The minimum Gasteiger partial charge on any atom is -0.378 e. The number of carbonyl (C=O) groups excluding carboxylic acids is 1. The molecule has 0 aliphatic carbocycles. The number of aldehydes is 1. The van der Waals surface area contributed by atoms with E-state index in [9.17, 15) is 4.79 Å². The van der Waals surface area contributed by atoms with Gasteiger partial charge >= 0.3 is 0 Å². The van der Waals surface area contributed by atoms with Crippen molar-refractivity contribution in [3.05, 3.63) is 11.3 Å². The monoisotopic (exact) mass is 169 g/mol. The first-order chi connectivity index (χ1) is 5.75. The Hall–Kier alpha value is -0.830. The van der Waals surface area contributed by atoms with Crippen molar-refractivity contribution in [2.45, 2.75) is 13.8 Å². The SMILES string of the molecule is CC(C)=C(C=O)N1CCOCC1. The summed E-state index contributed by atoms with van der Waals surface area (Å²) < 4.78 is 5.19. The second-order valence-corrected chi connectivity index (χ2v) is 3.10. The predicted molar refractivity (Wildman–Crippen MR) is 46.8 cm³/mol. The molecule has 0 atom stereocenters. The fourth-order valence-electron chi connectivity index (χ4n) is 1.31. The van der Waals surface area contributed by atoms with Gasteiger partial charge in [-0.2, -0.15) is 0 Å². The van der Waals surface area contributed by atoms with Gasteiger partial charge in [0.25, 0.3) is 0 Å². The highest BCUT2D eigenvalue weighted by Crippen LogP contribution is 2.09. The smallest absolute Gasteiger partial charge is 0.166 e. The third-order valence-electron chi connectivity index (χ3n) is 1.98. The summed E-state index contributed by atoms with van der Waals surface area (Å²) in [5.74, 6) is 0. The fraction of sp³-hybridized carbons (Fsp3) is 0.667. The Morgan fingerprint density at radius 1 is 1.33 bits per heavy atom. The van der Waals surface area contributed by atoms with Gasteiger partial charge in [-0.3, -0.25) is 4.79 Å². The van der Waals surface area contributed by atoms with Gasteiger partial charge in [0.2, 0.25) is 0 Å². The number of morpholine rings is 1. The van der Waals surface area contributed by atoms with Gasteiger partial charge in [-0.15, -0.1) is 0 Å². The maximum Gasteiger partial charge on any atom is 0.166 e. The second kappa shape index (κ2) is 4.26. The lowest BCUT2D eigenvalue weighted by atomic mass is 10.2. The Morgan fingerprint density at radius 3 is 2.33 bits per heavy atom. The first-order valence-corrected chi connectivity index (χ1v) is 4.21. The zero-order valence-electron chi connectivity index (χ0n) is 7.67. The largest absolute Gasteiger partial charge is 0.378 e. The van der Waals surface area contributed by atoms with Gasteiger partial charge in [0, 0.05) is 13.1 Å². The van der Waals surface area contributed by atoms with E-state index in [0.717, 1.165) is 43.9 Å². The summed E-state index contributed by atoms with van der Waals surface area (Å²) in [6, 6.07) is 0. The minimum atomic E-state index is 0.727. The quantitative estimate of drug-likeness (QED) is 0.452. The fourth-order valence-corrected chi connectivity index (χ4v) is 1.31. The van der Waals surface area contributed by atoms with Gasteiger partial charge in [0.05, 0.1) is 18.9 Å². The molecule has 0 saturated carbocycles. The van der Waals surface area contributed by atoms with Crippen LogP contribution in [-0.4, -0.2) is 37.5 Å². The van der Waals surface area contributed by atoms with Crippen molar-refractivity contribution in [3.8, 4) is 0 Å². The highest BCUT2D eigenvalue weighted by Gasteiger charge is 2.13. The zero-order chi connectivity index (χ0) is 8.97. The average Bonchev–Trinajstić information content (AvgIpc) is 2.07. The molecule has 0 N–H and O–H groups in total. The van der Waals surface area contributed by atoms with Crippen LogP contribution >= 0.6 is 0 Å². The van der Waals surface area contributed by atoms with Crippen LogP contribution in [-0.2, 0) is 9.53 Å². The number of ether oxygens (including phenoxy) is 1. The first-order valence-electron chi connectivity index (χ1n) is 4.21. The van der Waals surface area contributed by atoms with Crippen LogP contribution in [0.5, 0.6) is 0 Å². The van der Waals surface area contributed by atoms with E-state index in [1.807, 2.05) is 13.8 Å². The summed E-state index contributed by atoms with van der Waals surface area (Å²) >= 11 is 0. The van der Waals surface area contributed by atoms with E-state index in [2.05, 4.69) is 4.90 Å². The standard InChI is InChI=1S/C9H15NO2/c1-8(2)9(7-11)10-3-5-12-6-4-10/h7H,3-6H2,1-2H3. The van der Waals surface area contributed by atoms with Gasteiger partial charge < -0.3 is 9.64 Å². The Morgan fingerprint density at radius 2 is 1.92 bits per heavy atom. The molecule has 1 aliphatic rings. The average molecular weight is 169 g/mol. The summed E-state index contributed by atoms with van der Waals surface area (Å²) in [6.45, 7) is 7.03. The Balaban J connectivity index is 2.65. The lowest BCUT2D eigenvalue weighted by Crippen LogP contribution is -2.36. The summed E-state index contributed by atoms with van der Waals surface area (Å²) in [7, 11) is 0. The zero-order valence-corrected chi connectivity index (χ0v) is 7.67. The van der Waals surface area contributed by atoms with Crippen molar-refractivity contribution in [2.24, 2.45) is 0 Å². The molecule has 3 nitrogen and oxygen atoms in total. The Kier molecular flexibility index (Phi) is 3.29. The maximum atomic E-state index is 10.7. The van der Waals surface area contributed by atoms with Crippen LogP contribution in [0.25, 0.3) is 0 Å². The Labute approximate surface area is 73.0 Å². The predicted octanol–water partition coefficient (Wildman–Crippen LogP) is 0.811. The van der Waals surface area contributed by atoms with Gasteiger partial charge in [-0.1, -0.05) is 0 Å². The van der Waals surface area contributed by atoms with Crippen molar-refractivity contribution in [1.29, 1.82) is 0 Å². The summed E-state index contributed by atoms with van der Waals surface area (Å²) in [6.07, 6.45) is 0.931. The van der Waals surface area contributed by atoms with Crippen LogP contribution < -0.4 is 0 Å². The number of nitrogens with zero attached hydrogens (tertiary/aromatic N) is 1. The minimum absolute atomic E-state index is 0.727. The van der Waals surface area contributed by atoms with Crippen molar-refractivity contribution in [2.75, 3.05) is 26.3 Å². The van der Waals surface area contributed by atoms with Crippen molar-refractivity contribution in [3.63, 3.8) is 0 Å². The molecule has 1 aliphatic heterocycles. The molecule has 0 spiro atoms. The molecule has 0 unspecified atom stereocenters. The molecule has 3 heteroatoms. The molecule has 1 fully saturated rings. The van der Waals surface area contributed by atoms with Gasteiger partial charge in [0.1, 0.15) is 0 Å². The lowest BCUT2D eigenvalue weighted by molar-refractivity contribution is -0.106. The molecular formula is C9H15NO2. The lowest BCUT2D eigenvalue weighted by Gasteiger charge is -2.29. The molecule has 0 radical (unpaired) electrons. The van der Waals surface area contributed by atoms with Crippen LogP contribution in [0.1, 0.15) is 13.8 Å². The first kappa shape index (κ1) is 9.26. The molecule has 1 heterocycles.